The highest BCUT2D eigenvalue weighted by molar-refractivity contribution is 5.95. The van der Waals surface area contributed by atoms with Crippen LogP contribution in [0.25, 0.3) is 5.70 Å². The van der Waals surface area contributed by atoms with Gasteiger partial charge in [-0.3, -0.25) is 9.59 Å². The van der Waals surface area contributed by atoms with E-state index in [4.69, 9.17) is 17.2 Å². The smallest absolute Gasteiger partial charge is 0.248 e. The summed E-state index contributed by atoms with van der Waals surface area (Å²) in [6.07, 6.45) is 3.67. The van der Waals surface area contributed by atoms with E-state index in [1.807, 2.05) is 31.2 Å². The molecule has 202 valence electrons. The van der Waals surface area contributed by atoms with Crippen molar-refractivity contribution in [2.45, 2.75) is 62.6 Å². The predicted molar refractivity (Wildman–Crippen MR) is 151 cm³/mol. The SMILES string of the molecule is C=C(N)c1ccc2c(c1)CCc1cc(C(N)=O)ccc1C2(C[C@@H](C)NCC(=C)N1C(C#N)C[C@@H]2C[C@@H]21)C(N)=O. The third-order valence-corrected chi connectivity index (χ3v) is 8.76. The largest absolute Gasteiger partial charge is 0.399 e. The van der Waals surface area contributed by atoms with Crippen molar-refractivity contribution < 1.29 is 9.59 Å². The molecule has 1 aliphatic heterocycles. The Labute approximate surface area is 229 Å². The number of hydrogen-bond acceptors (Lipinski definition) is 6. The Kier molecular flexibility index (Phi) is 6.73. The summed E-state index contributed by atoms with van der Waals surface area (Å²) in [5.41, 5.74) is 22.7. The summed E-state index contributed by atoms with van der Waals surface area (Å²) in [5, 5.41) is 13.1. The molecule has 0 spiro atoms. The molecule has 0 aromatic heterocycles. The van der Waals surface area contributed by atoms with Crippen LogP contribution in [0.3, 0.4) is 0 Å². The lowest BCUT2D eigenvalue weighted by Crippen LogP contribution is -2.48. The maximum absolute atomic E-state index is 13.6. The standard InChI is InChI=1S/C31H36N6O2/c1-17(36-16-18(2)37-25(15-32)12-24-13-28(24)37)14-31(30(35)39)26-8-6-20(19(3)33)10-21(26)4-5-22-11-23(29(34)38)7-9-27(22)31/h6-11,17,24-25,28,36H,2-5,12-14,16,33H2,1H3,(H2,34,38)(H2,35,39)/t17-,24-,25?,28+,31?/m1/s1. The van der Waals surface area contributed by atoms with Crippen molar-refractivity contribution in [3.8, 4) is 6.07 Å². The normalized spacial score (nSPS) is 25.3. The van der Waals surface area contributed by atoms with Crippen LogP contribution < -0.4 is 22.5 Å². The summed E-state index contributed by atoms with van der Waals surface area (Å²) in [5.74, 6) is -0.383. The van der Waals surface area contributed by atoms with E-state index >= 15 is 0 Å². The van der Waals surface area contributed by atoms with Gasteiger partial charge in [0.25, 0.3) is 0 Å². The summed E-state index contributed by atoms with van der Waals surface area (Å²) >= 11 is 0. The molecule has 1 saturated carbocycles. The number of rotatable bonds is 9. The van der Waals surface area contributed by atoms with Gasteiger partial charge in [-0.15, -0.1) is 0 Å². The van der Waals surface area contributed by atoms with Crippen LogP contribution in [0.15, 0.2) is 55.3 Å². The van der Waals surface area contributed by atoms with Gasteiger partial charge >= 0.3 is 0 Å². The molecule has 8 nitrogen and oxygen atoms in total. The fourth-order valence-electron chi connectivity index (χ4n) is 6.73. The Balaban J connectivity index is 1.50. The number of piperidine rings is 1. The molecule has 2 amide bonds. The Morgan fingerprint density at radius 2 is 1.69 bits per heavy atom. The summed E-state index contributed by atoms with van der Waals surface area (Å²) in [4.78, 5) is 27.7. The number of nitrogens with zero attached hydrogens (tertiary/aromatic N) is 2. The van der Waals surface area contributed by atoms with Gasteiger partial charge in [-0.1, -0.05) is 31.4 Å². The average Bonchev–Trinajstić information content (AvgIpc) is 3.60. The molecule has 2 fully saturated rings. The fraction of sp³-hybridized carbons (Fsp3) is 0.387. The first-order valence-electron chi connectivity index (χ1n) is 13.5. The Morgan fingerprint density at radius 3 is 2.26 bits per heavy atom. The van der Waals surface area contributed by atoms with E-state index in [1.165, 1.54) is 0 Å². The molecule has 2 aromatic carbocycles. The van der Waals surface area contributed by atoms with Crippen LogP contribution in [-0.4, -0.2) is 41.4 Å². The van der Waals surface area contributed by atoms with E-state index in [0.717, 1.165) is 46.4 Å². The summed E-state index contributed by atoms with van der Waals surface area (Å²) < 4.78 is 0. The van der Waals surface area contributed by atoms with Gasteiger partial charge in [0, 0.05) is 35.6 Å². The molecule has 39 heavy (non-hydrogen) atoms. The highest BCUT2D eigenvalue weighted by atomic mass is 16.1. The predicted octanol–water partition coefficient (Wildman–Crippen LogP) is 2.45. The van der Waals surface area contributed by atoms with Crippen molar-refractivity contribution >= 4 is 17.5 Å². The lowest BCUT2D eigenvalue weighted by atomic mass is 9.68. The van der Waals surface area contributed by atoms with E-state index in [0.29, 0.717) is 49.0 Å². The molecular weight excluding hydrogens is 488 g/mol. The average molecular weight is 525 g/mol. The third-order valence-electron chi connectivity index (χ3n) is 8.76. The minimum absolute atomic E-state index is 0.123. The number of aryl methyl sites for hydroxylation is 2. The number of nitrogens with one attached hydrogen (secondary N) is 1. The molecular formula is C31H36N6O2. The number of benzene rings is 2. The van der Waals surface area contributed by atoms with Crippen molar-refractivity contribution in [3.05, 3.63) is 88.6 Å². The van der Waals surface area contributed by atoms with Gasteiger partial charge in [-0.25, -0.2) is 0 Å². The van der Waals surface area contributed by atoms with Gasteiger partial charge in [0.1, 0.15) is 11.5 Å². The van der Waals surface area contributed by atoms with Crippen LogP contribution in [0.2, 0.25) is 0 Å². The fourth-order valence-corrected chi connectivity index (χ4v) is 6.73. The van der Waals surface area contributed by atoms with Gasteiger partial charge in [0.05, 0.1) is 6.07 Å². The first kappa shape index (κ1) is 26.5. The molecule has 7 N–H and O–H groups in total. The maximum Gasteiger partial charge on any atom is 0.248 e. The number of likely N-dealkylation sites (tertiary alicyclic amines) is 1. The van der Waals surface area contributed by atoms with Crippen molar-refractivity contribution in [1.29, 1.82) is 5.26 Å². The zero-order chi connectivity index (χ0) is 28.1. The quantitative estimate of drug-likeness (QED) is 0.396. The van der Waals surface area contributed by atoms with Gasteiger partial charge < -0.3 is 27.4 Å². The second-order valence-electron chi connectivity index (χ2n) is 11.3. The lowest BCUT2D eigenvalue weighted by Gasteiger charge is -2.36. The van der Waals surface area contributed by atoms with Gasteiger partial charge in [-0.05, 0) is 91.0 Å². The molecule has 2 aliphatic carbocycles. The topological polar surface area (TPSA) is 151 Å². The number of amides is 2. The number of carbonyl (C=O) groups excluding carboxylic acids is 2. The van der Waals surface area contributed by atoms with E-state index in [9.17, 15) is 14.9 Å². The monoisotopic (exact) mass is 524 g/mol. The number of nitriles is 1. The first-order valence-corrected chi connectivity index (χ1v) is 13.5. The van der Waals surface area contributed by atoms with Crippen molar-refractivity contribution in [2.75, 3.05) is 6.54 Å². The number of hydrogen-bond donors (Lipinski definition) is 4. The maximum atomic E-state index is 13.6. The van der Waals surface area contributed by atoms with E-state index in [1.54, 1.807) is 12.1 Å². The first-order chi connectivity index (χ1) is 18.6. The van der Waals surface area contributed by atoms with Crippen LogP contribution in [0.4, 0.5) is 0 Å². The molecule has 3 aliphatic rings. The minimum Gasteiger partial charge on any atom is -0.399 e. The zero-order valence-electron chi connectivity index (χ0n) is 22.4. The second kappa shape index (κ2) is 9.90. The Morgan fingerprint density at radius 1 is 1.08 bits per heavy atom. The molecule has 0 radical (unpaired) electrons. The lowest BCUT2D eigenvalue weighted by molar-refractivity contribution is -0.122. The van der Waals surface area contributed by atoms with Gasteiger partial charge in [0.15, 0.2) is 0 Å². The van der Waals surface area contributed by atoms with Crippen LogP contribution in [0, 0.1) is 17.2 Å². The van der Waals surface area contributed by atoms with Crippen molar-refractivity contribution in [1.82, 2.24) is 10.2 Å². The summed E-state index contributed by atoms with van der Waals surface area (Å²) in [6.45, 7) is 10.7. The van der Waals surface area contributed by atoms with Gasteiger partial charge in [-0.2, -0.15) is 5.26 Å². The molecule has 5 rings (SSSR count). The van der Waals surface area contributed by atoms with E-state index < -0.39 is 17.2 Å². The number of nitrogens with two attached hydrogens (primary N) is 3. The Hall–Kier alpha value is -4.09. The van der Waals surface area contributed by atoms with Crippen molar-refractivity contribution in [3.63, 3.8) is 0 Å². The van der Waals surface area contributed by atoms with Crippen LogP contribution in [0.5, 0.6) is 0 Å². The van der Waals surface area contributed by atoms with Crippen LogP contribution >= 0.6 is 0 Å². The van der Waals surface area contributed by atoms with E-state index in [-0.39, 0.29) is 12.1 Å². The molecule has 1 saturated heterocycles. The van der Waals surface area contributed by atoms with E-state index in [2.05, 4.69) is 29.4 Å². The molecule has 2 aromatic rings. The van der Waals surface area contributed by atoms with Crippen molar-refractivity contribution in [2.24, 2.45) is 23.1 Å². The third kappa shape index (κ3) is 4.57. The number of fused-ring (bicyclic) bond motifs is 3. The Bertz CT molecular complexity index is 1360. The second-order valence-corrected chi connectivity index (χ2v) is 11.3. The minimum atomic E-state index is -1.15. The molecule has 0 bridgehead atoms. The highest BCUT2D eigenvalue weighted by Gasteiger charge is 2.52. The molecule has 8 heteroatoms. The van der Waals surface area contributed by atoms with Gasteiger partial charge in [0.2, 0.25) is 11.8 Å². The molecule has 1 heterocycles. The molecule has 5 atom stereocenters. The van der Waals surface area contributed by atoms with Crippen LogP contribution in [0.1, 0.15) is 64.4 Å². The number of primary amides is 2. The highest BCUT2D eigenvalue weighted by Crippen LogP contribution is 2.49. The summed E-state index contributed by atoms with van der Waals surface area (Å²) in [6, 6.07) is 13.6. The summed E-state index contributed by atoms with van der Waals surface area (Å²) in [7, 11) is 0. The molecule has 2 unspecified atom stereocenters. The van der Waals surface area contributed by atoms with Crippen LogP contribution in [-0.2, 0) is 23.1 Å². The number of carbonyl (C=O) groups is 2. The zero-order valence-corrected chi connectivity index (χ0v) is 22.4.